The molecule has 0 amide bonds. The number of rotatable bonds is 8. The van der Waals surface area contributed by atoms with E-state index in [4.69, 9.17) is 21.1 Å². The predicted octanol–water partition coefficient (Wildman–Crippen LogP) is 6.97. The first-order valence-corrected chi connectivity index (χ1v) is 10.2. The molecule has 0 saturated heterocycles. The van der Waals surface area contributed by atoms with E-state index >= 15 is 0 Å². The molecule has 3 nitrogen and oxygen atoms in total. The molecular formula is C22H19BrClF2NO2. The maximum atomic E-state index is 13.9. The van der Waals surface area contributed by atoms with Gasteiger partial charge in [0.15, 0.2) is 11.5 Å². The normalized spacial score (nSPS) is 10.7. The quantitative estimate of drug-likeness (QED) is 0.376. The van der Waals surface area contributed by atoms with E-state index in [2.05, 4.69) is 21.2 Å². The molecule has 3 aromatic carbocycles. The van der Waals surface area contributed by atoms with E-state index in [1.807, 2.05) is 19.1 Å². The van der Waals surface area contributed by atoms with Gasteiger partial charge >= 0.3 is 0 Å². The standard InChI is InChI=1S/C22H19BrClF2NO2/c1-2-28-21-10-14(12-27-16-7-8-20(26)18(24)11-16)9-17(23)22(21)29-13-15-5-3-4-6-19(15)25/h3-11,27H,2,12-13H2,1H3. The first-order valence-electron chi connectivity index (χ1n) is 8.98. The molecular weight excluding hydrogens is 464 g/mol. The molecule has 0 spiro atoms. The summed E-state index contributed by atoms with van der Waals surface area (Å²) in [6, 6.07) is 14.7. The third kappa shape index (κ3) is 5.61. The van der Waals surface area contributed by atoms with E-state index in [9.17, 15) is 8.78 Å². The van der Waals surface area contributed by atoms with Gasteiger partial charge in [0, 0.05) is 17.8 Å². The van der Waals surface area contributed by atoms with E-state index < -0.39 is 5.82 Å². The Balaban J connectivity index is 1.76. The Hall–Kier alpha value is -2.31. The van der Waals surface area contributed by atoms with Crippen molar-refractivity contribution in [3.8, 4) is 11.5 Å². The molecule has 152 valence electrons. The summed E-state index contributed by atoms with van der Waals surface area (Å²) in [4.78, 5) is 0. The first kappa shape index (κ1) is 21.4. The van der Waals surface area contributed by atoms with Crippen molar-refractivity contribution in [2.75, 3.05) is 11.9 Å². The average molecular weight is 483 g/mol. The number of benzene rings is 3. The van der Waals surface area contributed by atoms with E-state index in [-0.39, 0.29) is 17.4 Å². The number of nitrogens with one attached hydrogen (secondary N) is 1. The van der Waals surface area contributed by atoms with Crippen LogP contribution >= 0.6 is 27.5 Å². The zero-order chi connectivity index (χ0) is 20.8. The maximum absolute atomic E-state index is 13.9. The van der Waals surface area contributed by atoms with Gasteiger partial charge in [-0.05, 0) is 64.8 Å². The molecule has 1 N–H and O–H groups in total. The summed E-state index contributed by atoms with van der Waals surface area (Å²) in [5.41, 5.74) is 2.07. The van der Waals surface area contributed by atoms with Gasteiger partial charge in [-0.3, -0.25) is 0 Å². The highest BCUT2D eigenvalue weighted by atomic mass is 79.9. The molecule has 0 aliphatic heterocycles. The Labute approximate surface area is 181 Å². The number of hydrogen-bond donors (Lipinski definition) is 1. The molecule has 7 heteroatoms. The van der Waals surface area contributed by atoms with E-state index in [1.165, 1.54) is 18.2 Å². The largest absolute Gasteiger partial charge is 0.490 e. The smallest absolute Gasteiger partial charge is 0.175 e. The van der Waals surface area contributed by atoms with Crippen LogP contribution in [0.5, 0.6) is 11.5 Å². The second-order valence-electron chi connectivity index (χ2n) is 6.20. The van der Waals surface area contributed by atoms with E-state index in [0.29, 0.717) is 40.4 Å². The van der Waals surface area contributed by atoms with Crippen molar-refractivity contribution < 1.29 is 18.3 Å². The monoisotopic (exact) mass is 481 g/mol. The Morgan fingerprint density at radius 3 is 2.52 bits per heavy atom. The fourth-order valence-electron chi connectivity index (χ4n) is 2.70. The van der Waals surface area contributed by atoms with Gasteiger partial charge in [-0.2, -0.15) is 0 Å². The van der Waals surface area contributed by atoms with Gasteiger partial charge in [0.1, 0.15) is 18.2 Å². The SMILES string of the molecule is CCOc1cc(CNc2ccc(F)c(Cl)c2)cc(Br)c1OCc1ccccc1F. The lowest BCUT2D eigenvalue weighted by Crippen LogP contribution is -2.05. The van der Waals surface area contributed by atoms with Crippen molar-refractivity contribution >= 4 is 33.2 Å². The number of hydrogen-bond acceptors (Lipinski definition) is 3. The van der Waals surface area contributed by atoms with Crippen molar-refractivity contribution in [1.82, 2.24) is 0 Å². The molecule has 0 saturated carbocycles. The molecule has 0 unspecified atom stereocenters. The molecule has 0 fully saturated rings. The molecule has 3 rings (SSSR count). The molecule has 0 aliphatic rings. The van der Waals surface area contributed by atoms with Crippen LogP contribution in [0.3, 0.4) is 0 Å². The Bertz CT molecular complexity index is 1000. The molecule has 29 heavy (non-hydrogen) atoms. The fraction of sp³-hybridized carbons (Fsp3) is 0.182. The Morgan fingerprint density at radius 1 is 1.00 bits per heavy atom. The number of ether oxygens (including phenoxy) is 2. The summed E-state index contributed by atoms with van der Waals surface area (Å²) in [6.45, 7) is 2.87. The zero-order valence-electron chi connectivity index (χ0n) is 15.6. The predicted molar refractivity (Wildman–Crippen MR) is 115 cm³/mol. The number of halogens is 4. The summed E-state index contributed by atoms with van der Waals surface area (Å²) in [5.74, 6) is 0.270. The summed E-state index contributed by atoms with van der Waals surface area (Å²) in [7, 11) is 0. The van der Waals surface area contributed by atoms with Crippen LogP contribution in [0.2, 0.25) is 5.02 Å². The summed E-state index contributed by atoms with van der Waals surface area (Å²) in [6.07, 6.45) is 0. The minimum Gasteiger partial charge on any atom is -0.490 e. The topological polar surface area (TPSA) is 30.5 Å². The van der Waals surface area contributed by atoms with Crippen molar-refractivity contribution in [1.29, 1.82) is 0 Å². The van der Waals surface area contributed by atoms with Crippen LogP contribution in [0, 0.1) is 11.6 Å². The lowest BCUT2D eigenvalue weighted by atomic mass is 10.2. The molecule has 0 radical (unpaired) electrons. The van der Waals surface area contributed by atoms with Crippen LogP contribution in [0.1, 0.15) is 18.1 Å². The average Bonchev–Trinajstić information content (AvgIpc) is 2.70. The summed E-state index contributed by atoms with van der Waals surface area (Å²) < 4.78 is 39.4. The highest BCUT2D eigenvalue weighted by Crippen LogP contribution is 2.38. The van der Waals surface area contributed by atoms with Gasteiger partial charge in [-0.1, -0.05) is 29.8 Å². The number of anilines is 1. The fourth-order valence-corrected chi connectivity index (χ4v) is 3.49. The van der Waals surface area contributed by atoms with Crippen molar-refractivity contribution in [3.63, 3.8) is 0 Å². The maximum Gasteiger partial charge on any atom is 0.175 e. The second-order valence-corrected chi connectivity index (χ2v) is 7.46. The third-order valence-electron chi connectivity index (χ3n) is 4.12. The second kappa shape index (κ2) is 9.94. The summed E-state index contributed by atoms with van der Waals surface area (Å²) in [5, 5.41) is 3.25. The molecule has 0 bridgehead atoms. The molecule has 0 heterocycles. The highest BCUT2D eigenvalue weighted by molar-refractivity contribution is 9.10. The minimum atomic E-state index is -0.463. The van der Waals surface area contributed by atoms with Crippen molar-refractivity contribution in [3.05, 3.63) is 86.9 Å². The van der Waals surface area contributed by atoms with Crippen molar-refractivity contribution in [2.45, 2.75) is 20.1 Å². The van der Waals surface area contributed by atoms with Gasteiger partial charge in [0.05, 0.1) is 16.1 Å². The molecule has 0 aromatic heterocycles. The molecule has 3 aromatic rings. The zero-order valence-corrected chi connectivity index (χ0v) is 18.0. The van der Waals surface area contributed by atoms with Crippen LogP contribution in [0.15, 0.2) is 59.1 Å². The Kier molecular flexibility index (Phi) is 7.34. The van der Waals surface area contributed by atoms with Gasteiger partial charge in [-0.25, -0.2) is 8.78 Å². The van der Waals surface area contributed by atoms with Crippen LogP contribution in [0.4, 0.5) is 14.5 Å². The highest BCUT2D eigenvalue weighted by Gasteiger charge is 2.14. The van der Waals surface area contributed by atoms with Gasteiger partial charge in [-0.15, -0.1) is 0 Å². The summed E-state index contributed by atoms with van der Waals surface area (Å²) >= 11 is 9.33. The molecule has 0 aliphatic carbocycles. The van der Waals surface area contributed by atoms with Crippen LogP contribution in [0.25, 0.3) is 0 Å². The van der Waals surface area contributed by atoms with Crippen molar-refractivity contribution in [2.24, 2.45) is 0 Å². The first-order chi connectivity index (χ1) is 14.0. The lowest BCUT2D eigenvalue weighted by Gasteiger charge is -2.16. The van der Waals surface area contributed by atoms with Crippen LogP contribution in [-0.4, -0.2) is 6.61 Å². The van der Waals surface area contributed by atoms with Gasteiger partial charge in [0.2, 0.25) is 0 Å². The van der Waals surface area contributed by atoms with E-state index in [1.54, 1.807) is 24.3 Å². The Morgan fingerprint density at radius 2 is 1.79 bits per heavy atom. The van der Waals surface area contributed by atoms with Gasteiger partial charge in [0.25, 0.3) is 0 Å². The minimum absolute atomic E-state index is 0.0584. The van der Waals surface area contributed by atoms with Crippen LogP contribution in [-0.2, 0) is 13.2 Å². The van der Waals surface area contributed by atoms with Gasteiger partial charge < -0.3 is 14.8 Å². The third-order valence-corrected chi connectivity index (χ3v) is 4.99. The molecule has 0 atom stereocenters. The van der Waals surface area contributed by atoms with Crippen LogP contribution < -0.4 is 14.8 Å². The van der Waals surface area contributed by atoms with E-state index in [0.717, 1.165) is 5.56 Å². The lowest BCUT2D eigenvalue weighted by molar-refractivity contribution is 0.264.